The average molecular weight is 482 g/mol. The fourth-order valence-corrected chi connectivity index (χ4v) is 4.58. The van der Waals surface area contributed by atoms with Crippen LogP contribution in [0.25, 0.3) is 10.5 Å². The summed E-state index contributed by atoms with van der Waals surface area (Å²) in [6, 6.07) is 2.54. The molecule has 10 nitrogen and oxygen atoms in total. The van der Waals surface area contributed by atoms with Gasteiger partial charge in [-0.15, -0.1) is 0 Å². The Balaban J connectivity index is 2.04. The molecule has 12 heteroatoms. The van der Waals surface area contributed by atoms with E-state index >= 15 is 4.39 Å². The van der Waals surface area contributed by atoms with Crippen LogP contribution >= 0.6 is 0 Å². The Morgan fingerprint density at radius 2 is 1.88 bits per heavy atom. The first-order valence-corrected chi connectivity index (χ1v) is 11.5. The van der Waals surface area contributed by atoms with Crippen molar-refractivity contribution in [2.24, 2.45) is 5.92 Å². The van der Waals surface area contributed by atoms with Gasteiger partial charge in [-0.05, 0) is 23.6 Å². The van der Waals surface area contributed by atoms with E-state index < -0.39 is 56.4 Å². The van der Waals surface area contributed by atoms with Gasteiger partial charge in [0, 0.05) is 38.1 Å². The quantitative estimate of drug-likeness (QED) is 0.355. The highest BCUT2D eigenvalue weighted by molar-refractivity contribution is 8.00. The lowest BCUT2D eigenvalue weighted by molar-refractivity contribution is -0.163. The number of rotatable bonds is 6. The molecule has 0 aromatic heterocycles. The normalized spacial score (nSPS) is 20.1. The zero-order chi connectivity index (χ0) is 24.5. The van der Waals surface area contributed by atoms with Gasteiger partial charge in [0.05, 0.1) is 5.56 Å². The number of carbonyl (C=O) groups excluding carboxylic acids is 3. The fourth-order valence-electron chi connectivity index (χ4n) is 3.42. The Morgan fingerprint density at radius 1 is 1.18 bits per heavy atom. The van der Waals surface area contributed by atoms with E-state index in [-0.39, 0.29) is 17.5 Å². The summed E-state index contributed by atoms with van der Waals surface area (Å²) < 4.78 is 56.7. The zero-order valence-corrected chi connectivity index (χ0v) is 19.1. The molecular formula is C21H23FN2O8S. The molecule has 2 atom stereocenters. The fraction of sp³-hybridized carbons (Fsp3) is 0.381. The van der Waals surface area contributed by atoms with Crippen LogP contribution in [0.1, 0.15) is 38.8 Å². The molecule has 178 valence electrons. The minimum atomic E-state index is -4.39. The maximum atomic E-state index is 15.7. The van der Waals surface area contributed by atoms with Crippen molar-refractivity contribution in [3.05, 3.63) is 41.2 Å². The molecule has 0 saturated heterocycles. The Labute approximate surface area is 189 Å². The van der Waals surface area contributed by atoms with Crippen LogP contribution in [0.4, 0.5) is 9.18 Å². The summed E-state index contributed by atoms with van der Waals surface area (Å²) >= 11 is 0. The number of esters is 1. The third kappa shape index (κ3) is 5.40. The van der Waals surface area contributed by atoms with Crippen molar-refractivity contribution in [1.82, 2.24) is 10.0 Å². The molecule has 0 aliphatic carbocycles. The lowest BCUT2D eigenvalue weighted by Crippen LogP contribution is -2.27. The number of carbonyl (C=O) groups is 3. The maximum Gasteiger partial charge on any atom is 0.516 e. The summed E-state index contributed by atoms with van der Waals surface area (Å²) in [5, 5.41) is 3.22. The number of sulfonamides is 1. The molecule has 0 fully saturated rings. The van der Waals surface area contributed by atoms with Crippen molar-refractivity contribution in [2.45, 2.75) is 40.0 Å². The first-order valence-electron chi connectivity index (χ1n) is 10.0. The van der Waals surface area contributed by atoms with Gasteiger partial charge in [0.1, 0.15) is 16.5 Å². The molecule has 0 radical (unpaired) electrons. The van der Waals surface area contributed by atoms with Crippen molar-refractivity contribution in [1.29, 1.82) is 0 Å². The van der Waals surface area contributed by atoms with Gasteiger partial charge in [-0.3, -0.25) is 9.59 Å². The summed E-state index contributed by atoms with van der Waals surface area (Å²) in [6.45, 7) is 6.68. The molecule has 2 heterocycles. The highest BCUT2D eigenvalue weighted by Gasteiger charge is 2.35. The molecule has 1 aromatic rings. The van der Waals surface area contributed by atoms with E-state index in [4.69, 9.17) is 9.47 Å². The molecule has 2 N–H and O–H groups in total. The van der Waals surface area contributed by atoms with Crippen molar-refractivity contribution >= 4 is 38.5 Å². The second-order valence-corrected chi connectivity index (χ2v) is 9.42. The summed E-state index contributed by atoms with van der Waals surface area (Å²) in [4.78, 5) is 34.1. The number of hydrogen-bond acceptors (Lipinski definition) is 9. The van der Waals surface area contributed by atoms with Crippen molar-refractivity contribution in [3.8, 4) is 5.75 Å². The highest BCUT2D eigenvalue weighted by atomic mass is 32.2. The molecule has 2 unspecified atom stereocenters. The van der Waals surface area contributed by atoms with Gasteiger partial charge in [0.2, 0.25) is 6.29 Å². The van der Waals surface area contributed by atoms with Crippen LogP contribution in [0, 0.1) is 11.7 Å². The molecule has 0 spiro atoms. The summed E-state index contributed by atoms with van der Waals surface area (Å²) in [5.74, 6) is -2.92. The van der Waals surface area contributed by atoms with E-state index in [1.54, 1.807) is 4.72 Å². The van der Waals surface area contributed by atoms with Crippen molar-refractivity contribution in [3.63, 3.8) is 0 Å². The van der Waals surface area contributed by atoms with E-state index in [0.29, 0.717) is 18.2 Å². The van der Waals surface area contributed by atoms with Crippen LogP contribution in [-0.4, -0.2) is 45.3 Å². The standard InChI is InChI=1S/C21H23FN2O8S/c1-10(2)15-7-13(9-23-15)14-5-6-16(32-21(27)31-12(4)30-11(3)25)19(20(14)22)17-8-18(26)24-33(17,28)29/h5-8,10,12,15,23H,9H2,1-4H3,(H,24,26). The third-order valence-electron chi connectivity index (χ3n) is 4.90. The Bertz CT molecular complexity index is 1170. The summed E-state index contributed by atoms with van der Waals surface area (Å²) in [7, 11) is -4.39. The van der Waals surface area contributed by atoms with Gasteiger partial charge >= 0.3 is 12.1 Å². The van der Waals surface area contributed by atoms with Crippen LogP contribution in [0.2, 0.25) is 0 Å². The van der Waals surface area contributed by atoms with Crippen molar-refractivity contribution < 1.29 is 41.4 Å². The Morgan fingerprint density at radius 3 is 2.42 bits per heavy atom. The number of halogens is 1. The molecule has 3 rings (SSSR count). The van der Waals surface area contributed by atoms with Crippen LogP contribution < -0.4 is 14.8 Å². The minimum absolute atomic E-state index is 0.00538. The van der Waals surface area contributed by atoms with E-state index in [1.165, 1.54) is 19.1 Å². The highest BCUT2D eigenvalue weighted by Crippen LogP contribution is 2.38. The molecular weight excluding hydrogens is 459 g/mol. The predicted octanol–water partition coefficient (Wildman–Crippen LogP) is 2.06. The lowest BCUT2D eigenvalue weighted by Gasteiger charge is -2.16. The van der Waals surface area contributed by atoms with Crippen LogP contribution in [0.5, 0.6) is 5.75 Å². The van der Waals surface area contributed by atoms with Crippen LogP contribution in [0.15, 0.2) is 24.3 Å². The molecule has 0 saturated carbocycles. The summed E-state index contributed by atoms with van der Waals surface area (Å²) in [6.07, 6.45) is -0.129. The lowest BCUT2D eigenvalue weighted by atomic mass is 9.99. The first-order chi connectivity index (χ1) is 15.4. The topological polar surface area (TPSA) is 137 Å². The van der Waals surface area contributed by atoms with Gasteiger partial charge in [-0.25, -0.2) is 22.3 Å². The van der Waals surface area contributed by atoms with E-state index in [9.17, 15) is 22.8 Å². The molecule has 1 amide bonds. The first kappa shape index (κ1) is 24.4. The Kier molecular flexibility index (Phi) is 6.89. The van der Waals surface area contributed by atoms with Gasteiger partial charge in [0.15, 0.2) is 0 Å². The van der Waals surface area contributed by atoms with Crippen LogP contribution in [0.3, 0.4) is 0 Å². The average Bonchev–Trinajstić information content (AvgIpc) is 3.25. The Hall–Kier alpha value is -3.25. The largest absolute Gasteiger partial charge is 0.516 e. The monoisotopic (exact) mass is 482 g/mol. The summed E-state index contributed by atoms with van der Waals surface area (Å²) in [5.41, 5.74) is 0.0715. The number of nitrogens with one attached hydrogen (secondary N) is 2. The smallest absolute Gasteiger partial charge is 0.426 e. The number of ether oxygens (including phenoxy) is 3. The van der Waals surface area contributed by atoms with Crippen molar-refractivity contribution in [2.75, 3.05) is 6.54 Å². The van der Waals surface area contributed by atoms with E-state index in [1.807, 2.05) is 19.9 Å². The van der Waals surface area contributed by atoms with Gasteiger partial charge in [0.25, 0.3) is 15.9 Å². The van der Waals surface area contributed by atoms with Gasteiger partial charge < -0.3 is 19.5 Å². The predicted molar refractivity (Wildman–Crippen MR) is 114 cm³/mol. The van der Waals surface area contributed by atoms with Gasteiger partial charge in [-0.1, -0.05) is 19.9 Å². The third-order valence-corrected chi connectivity index (χ3v) is 6.27. The SMILES string of the molecule is CC(=O)OC(C)OC(=O)Oc1ccc(C2=CC(C(C)C)NC2)c(F)c1C1=CC(=O)NS1(=O)=O. The maximum absolute atomic E-state index is 15.7. The van der Waals surface area contributed by atoms with E-state index in [0.717, 1.165) is 6.92 Å². The van der Waals surface area contributed by atoms with Gasteiger partial charge in [-0.2, -0.15) is 0 Å². The molecule has 33 heavy (non-hydrogen) atoms. The second-order valence-electron chi connectivity index (χ2n) is 7.77. The molecule has 0 bridgehead atoms. The number of hydrogen-bond donors (Lipinski definition) is 2. The minimum Gasteiger partial charge on any atom is -0.426 e. The van der Waals surface area contributed by atoms with E-state index in [2.05, 4.69) is 10.1 Å². The zero-order valence-electron chi connectivity index (χ0n) is 18.3. The van der Waals surface area contributed by atoms with Crippen LogP contribution in [-0.2, 0) is 29.1 Å². The second kappa shape index (κ2) is 9.32. The molecule has 1 aromatic carbocycles. The molecule has 2 aliphatic heterocycles. The molecule has 2 aliphatic rings. The number of amides is 1. The number of benzene rings is 1.